The summed E-state index contributed by atoms with van der Waals surface area (Å²) in [5.74, 6) is -1.19. The van der Waals surface area contributed by atoms with Crippen LogP contribution in [0.25, 0.3) is 6.08 Å². The molecule has 236 valence electrons. The van der Waals surface area contributed by atoms with Crippen molar-refractivity contribution in [3.8, 4) is 0 Å². The molecule has 3 N–H and O–H groups in total. The van der Waals surface area contributed by atoms with Gasteiger partial charge in [0.05, 0.1) is 0 Å². The number of benzene rings is 5. The Morgan fingerprint density at radius 1 is 0.745 bits per heavy atom. The maximum Gasteiger partial charge on any atom is 0.272 e. The number of carbonyl (C=O) groups excluding carboxylic acids is 3. The summed E-state index contributed by atoms with van der Waals surface area (Å²) in [6.45, 7) is 3.97. The lowest BCUT2D eigenvalue weighted by Crippen LogP contribution is -2.30. The Bertz CT molecular complexity index is 1950. The predicted octanol–water partition coefficient (Wildman–Crippen LogP) is 9.49. The van der Waals surface area contributed by atoms with Crippen LogP contribution in [0.1, 0.15) is 37.9 Å². The summed E-state index contributed by atoms with van der Waals surface area (Å²) in [6.07, 6.45) is 1.50. The zero-order chi connectivity index (χ0) is 33.3. The van der Waals surface area contributed by atoms with E-state index in [9.17, 15) is 14.4 Å². The highest BCUT2D eigenvalue weighted by molar-refractivity contribution is 8.00. The first kappa shape index (κ1) is 33.5. The number of halogens is 2. The average molecular weight is 681 g/mol. The lowest BCUT2D eigenvalue weighted by atomic mass is 10.1. The first-order chi connectivity index (χ1) is 22.7. The second-order valence-corrected chi connectivity index (χ2v) is 12.8. The molecule has 0 aromatic heterocycles. The molecule has 0 aliphatic heterocycles. The van der Waals surface area contributed by atoms with E-state index in [4.69, 9.17) is 23.2 Å². The molecule has 0 saturated carbocycles. The summed E-state index contributed by atoms with van der Waals surface area (Å²) >= 11 is 13.8. The quantitative estimate of drug-likeness (QED) is 0.101. The van der Waals surface area contributed by atoms with Crippen LogP contribution in [0.3, 0.4) is 0 Å². The van der Waals surface area contributed by atoms with Crippen molar-refractivity contribution in [3.05, 3.63) is 165 Å². The molecule has 0 aliphatic rings. The van der Waals surface area contributed by atoms with Gasteiger partial charge in [0.25, 0.3) is 11.8 Å². The van der Waals surface area contributed by atoms with Gasteiger partial charge in [0.15, 0.2) is 0 Å². The van der Waals surface area contributed by atoms with E-state index >= 15 is 0 Å². The van der Waals surface area contributed by atoms with Crippen molar-refractivity contribution >= 4 is 70.1 Å². The highest BCUT2D eigenvalue weighted by atomic mass is 35.5. The molecule has 6 nitrogen and oxygen atoms in total. The van der Waals surface area contributed by atoms with Gasteiger partial charge >= 0.3 is 0 Å². The number of amides is 3. The van der Waals surface area contributed by atoms with Gasteiger partial charge in [-0.2, -0.15) is 0 Å². The fourth-order valence-corrected chi connectivity index (χ4v) is 6.30. The second kappa shape index (κ2) is 15.6. The van der Waals surface area contributed by atoms with Crippen LogP contribution in [0.4, 0.5) is 11.4 Å². The minimum atomic E-state index is -0.574. The number of hydrogen-bond donors (Lipinski definition) is 3. The van der Waals surface area contributed by atoms with Gasteiger partial charge in [-0.3, -0.25) is 14.4 Å². The maximum absolute atomic E-state index is 13.7. The molecular weight excluding hydrogens is 649 g/mol. The zero-order valence-corrected chi connectivity index (χ0v) is 27.9. The molecule has 47 heavy (non-hydrogen) atoms. The largest absolute Gasteiger partial charge is 0.325 e. The molecule has 0 spiro atoms. The fourth-order valence-electron chi connectivity index (χ4n) is 4.75. The van der Waals surface area contributed by atoms with E-state index in [0.717, 1.165) is 27.3 Å². The summed E-state index contributed by atoms with van der Waals surface area (Å²) in [7, 11) is 0. The van der Waals surface area contributed by atoms with E-state index in [1.165, 1.54) is 17.8 Å². The van der Waals surface area contributed by atoms with Crippen molar-refractivity contribution in [1.82, 2.24) is 5.32 Å². The molecule has 9 heteroatoms. The number of rotatable bonds is 10. The van der Waals surface area contributed by atoms with E-state index in [0.29, 0.717) is 26.9 Å². The third-order valence-corrected chi connectivity index (χ3v) is 8.93. The van der Waals surface area contributed by atoms with Gasteiger partial charge in [-0.1, -0.05) is 102 Å². The molecule has 1 unspecified atom stereocenters. The Morgan fingerprint density at radius 2 is 1.47 bits per heavy atom. The molecule has 5 aromatic carbocycles. The SMILES string of the molecule is Cc1ccc(NC(=O)C(Sc2cccc(NC(=O)/C(=C\c3ccc(Cl)cc3Cl)NC(=O)c3ccccc3)c2)c2ccccc2)c(C)c1. The van der Waals surface area contributed by atoms with Gasteiger partial charge in [0.2, 0.25) is 5.91 Å². The molecule has 0 radical (unpaired) electrons. The molecule has 3 amide bonds. The van der Waals surface area contributed by atoms with Crippen LogP contribution in [-0.2, 0) is 9.59 Å². The molecule has 0 bridgehead atoms. The predicted molar refractivity (Wildman–Crippen MR) is 193 cm³/mol. The smallest absolute Gasteiger partial charge is 0.272 e. The van der Waals surface area contributed by atoms with Gasteiger partial charge in [-0.25, -0.2) is 0 Å². The lowest BCUT2D eigenvalue weighted by molar-refractivity contribution is -0.116. The fraction of sp³-hybridized carbons (Fsp3) is 0.0789. The summed E-state index contributed by atoms with van der Waals surface area (Å²) in [5, 5.41) is 8.87. The van der Waals surface area contributed by atoms with E-state index < -0.39 is 17.1 Å². The van der Waals surface area contributed by atoms with Gasteiger partial charge < -0.3 is 16.0 Å². The van der Waals surface area contributed by atoms with Crippen molar-refractivity contribution in [3.63, 3.8) is 0 Å². The van der Waals surface area contributed by atoms with Crippen LogP contribution >= 0.6 is 35.0 Å². The number of nitrogens with one attached hydrogen (secondary N) is 3. The molecule has 1 atom stereocenters. The highest BCUT2D eigenvalue weighted by Gasteiger charge is 2.23. The third kappa shape index (κ3) is 9.14. The minimum absolute atomic E-state index is 0.0175. The Hall–Kier alpha value is -4.82. The van der Waals surface area contributed by atoms with Crippen molar-refractivity contribution in [2.24, 2.45) is 0 Å². The molecule has 5 aromatic rings. The molecule has 0 saturated heterocycles. The van der Waals surface area contributed by atoms with Crippen molar-refractivity contribution in [1.29, 1.82) is 0 Å². The first-order valence-electron chi connectivity index (χ1n) is 14.7. The van der Waals surface area contributed by atoms with Gasteiger partial charge in [-0.05, 0) is 85.1 Å². The minimum Gasteiger partial charge on any atom is -0.325 e. The number of thioether (sulfide) groups is 1. The average Bonchev–Trinajstić information content (AvgIpc) is 3.06. The Balaban J connectivity index is 1.39. The summed E-state index contributed by atoms with van der Waals surface area (Å²) in [4.78, 5) is 41.1. The summed E-state index contributed by atoms with van der Waals surface area (Å²) < 4.78 is 0. The normalized spacial score (nSPS) is 11.8. The number of anilines is 2. The van der Waals surface area contributed by atoms with Crippen LogP contribution in [0.2, 0.25) is 10.0 Å². The lowest BCUT2D eigenvalue weighted by Gasteiger charge is -2.19. The monoisotopic (exact) mass is 679 g/mol. The van der Waals surface area contributed by atoms with E-state index in [2.05, 4.69) is 16.0 Å². The summed E-state index contributed by atoms with van der Waals surface area (Å²) in [6, 6.07) is 36.1. The molecule has 0 heterocycles. The first-order valence-corrected chi connectivity index (χ1v) is 16.3. The van der Waals surface area contributed by atoms with Crippen LogP contribution in [0.5, 0.6) is 0 Å². The Labute approximate surface area is 288 Å². The van der Waals surface area contributed by atoms with Gasteiger partial charge in [0, 0.05) is 31.9 Å². The second-order valence-electron chi connectivity index (χ2n) is 10.7. The molecule has 0 fully saturated rings. The van der Waals surface area contributed by atoms with Crippen molar-refractivity contribution in [2.75, 3.05) is 10.6 Å². The number of carbonyl (C=O) groups is 3. The van der Waals surface area contributed by atoms with Gasteiger partial charge in [-0.15, -0.1) is 11.8 Å². The Kier molecular flexibility index (Phi) is 11.2. The van der Waals surface area contributed by atoms with E-state index in [-0.39, 0.29) is 11.6 Å². The van der Waals surface area contributed by atoms with Crippen LogP contribution in [0, 0.1) is 13.8 Å². The molecule has 5 rings (SSSR count). The maximum atomic E-state index is 13.7. The van der Waals surface area contributed by atoms with Crippen molar-refractivity contribution in [2.45, 2.75) is 24.0 Å². The molecular formula is C38H31Cl2N3O3S. The van der Waals surface area contributed by atoms with Crippen LogP contribution in [0.15, 0.2) is 132 Å². The number of aryl methyl sites for hydroxylation is 2. The topological polar surface area (TPSA) is 87.3 Å². The van der Waals surface area contributed by atoms with Gasteiger partial charge in [0.1, 0.15) is 10.9 Å². The van der Waals surface area contributed by atoms with E-state index in [1.54, 1.807) is 66.7 Å². The Morgan fingerprint density at radius 3 is 2.17 bits per heavy atom. The van der Waals surface area contributed by atoms with Crippen molar-refractivity contribution < 1.29 is 14.4 Å². The van der Waals surface area contributed by atoms with Crippen LogP contribution in [-0.4, -0.2) is 17.7 Å². The molecule has 0 aliphatic carbocycles. The summed E-state index contributed by atoms with van der Waals surface area (Å²) in [5.41, 5.74) is 5.02. The number of hydrogen-bond acceptors (Lipinski definition) is 4. The van der Waals surface area contributed by atoms with E-state index in [1.807, 2.05) is 68.4 Å². The highest BCUT2D eigenvalue weighted by Crippen LogP contribution is 2.37. The van der Waals surface area contributed by atoms with Crippen LogP contribution < -0.4 is 16.0 Å². The standard InChI is InChI=1S/C38H31Cl2N3O3S/c1-24-16-19-33(25(2)20-24)42-38(46)35(26-10-5-3-6-11-26)47-31-15-9-14-30(23-31)41-37(45)34(21-28-17-18-29(39)22-32(28)40)43-36(44)27-12-7-4-8-13-27/h3-23,35H,1-2H3,(H,41,45)(H,42,46)(H,43,44)/b34-21+. The zero-order valence-electron chi connectivity index (χ0n) is 25.6. The third-order valence-electron chi connectivity index (χ3n) is 7.12.